The number of benzene rings is 1. The van der Waals surface area contributed by atoms with Gasteiger partial charge in [0, 0.05) is 39.8 Å². The maximum absolute atomic E-state index is 11.9. The Balaban J connectivity index is 1.47. The van der Waals surface area contributed by atoms with Crippen molar-refractivity contribution in [3.63, 3.8) is 0 Å². The Morgan fingerprint density at radius 2 is 1.96 bits per heavy atom. The third-order valence-electron chi connectivity index (χ3n) is 3.59. The van der Waals surface area contributed by atoms with Gasteiger partial charge in [0.1, 0.15) is 5.75 Å². The van der Waals surface area contributed by atoms with Crippen LogP contribution in [-0.2, 0) is 11.2 Å². The highest BCUT2D eigenvalue weighted by Gasteiger charge is 2.06. The fraction of sp³-hybridized carbons (Fsp3) is 0.158. The molecule has 0 aliphatic heterocycles. The van der Waals surface area contributed by atoms with E-state index in [-0.39, 0.29) is 11.7 Å². The second kappa shape index (κ2) is 7.75. The minimum atomic E-state index is -0.00951. The first-order chi connectivity index (χ1) is 11.7. The molecule has 1 aromatic carbocycles. The number of aryl methyl sites for hydroxylation is 1. The summed E-state index contributed by atoms with van der Waals surface area (Å²) in [4.78, 5) is 18.5. The topological polar surface area (TPSA) is 62.2 Å². The standard InChI is InChI=1S/C19H18N2O2S/c22-16-8-6-15(7-9-16)21-19(23)5-1-4-17-10-11-18(24-17)14-3-2-12-20-13-14/h2-3,6-13,22H,1,4-5H2,(H,21,23). The van der Waals surface area contributed by atoms with E-state index in [0.29, 0.717) is 12.1 Å². The number of hydrogen-bond acceptors (Lipinski definition) is 4. The average Bonchev–Trinajstić information content (AvgIpc) is 3.07. The van der Waals surface area contributed by atoms with Gasteiger partial charge in [-0.2, -0.15) is 0 Å². The number of aromatic nitrogens is 1. The Bertz CT molecular complexity index is 798. The van der Waals surface area contributed by atoms with Gasteiger partial charge in [-0.3, -0.25) is 9.78 Å². The van der Waals surface area contributed by atoms with Crippen LogP contribution >= 0.6 is 11.3 Å². The molecule has 0 unspecified atom stereocenters. The smallest absolute Gasteiger partial charge is 0.224 e. The lowest BCUT2D eigenvalue weighted by Gasteiger charge is -2.04. The molecule has 0 aliphatic carbocycles. The van der Waals surface area contributed by atoms with Crippen LogP contribution in [0.4, 0.5) is 5.69 Å². The first-order valence-corrected chi connectivity index (χ1v) is 8.60. The minimum Gasteiger partial charge on any atom is -0.508 e. The van der Waals surface area contributed by atoms with Crippen molar-refractivity contribution >= 4 is 22.9 Å². The van der Waals surface area contributed by atoms with Gasteiger partial charge in [0.05, 0.1) is 0 Å². The van der Waals surface area contributed by atoms with E-state index in [9.17, 15) is 9.90 Å². The van der Waals surface area contributed by atoms with Crippen LogP contribution in [0.5, 0.6) is 5.75 Å². The molecule has 5 heteroatoms. The van der Waals surface area contributed by atoms with Crippen molar-refractivity contribution in [3.05, 3.63) is 65.8 Å². The van der Waals surface area contributed by atoms with E-state index in [1.54, 1.807) is 41.8 Å². The number of carbonyl (C=O) groups is 1. The van der Waals surface area contributed by atoms with Crippen LogP contribution in [0, 0.1) is 0 Å². The van der Waals surface area contributed by atoms with E-state index in [1.807, 2.05) is 18.3 Å². The third-order valence-corrected chi connectivity index (χ3v) is 4.78. The van der Waals surface area contributed by atoms with Crippen molar-refractivity contribution < 1.29 is 9.90 Å². The Morgan fingerprint density at radius 3 is 2.71 bits per heavy atom. The Labute approximate surface area is 144 Å². The van der Waals surface area contributed by atoms with E-state index in [2.05, 4.69) is 22.4 Å². The monoisotopic (exact) mass is 338 g/mol. The van der Waals surface area contributed by atoms with E-state index in [4.69, 9.17) is 0 Å². The number of hydrogen-bond donors (Lipinski definition) is 2. The molecule has 0 bridgehead atoms. The molecule has 0 aliphatic rings. The highest BCUT2D eigenvalue weighted by Crippen LogP contribution is 2.28. The molecule has 0 fully saturated rings. The molecular weight excluding hydrogens is 320 g/mol. The van der Waals surface area contributed by atoms with Crippen molar-refractivity contribution in [1.29, 1.82) is 0 Å². The van der Waals surface area contributed by atoms with Crippen LogP contribution in [-0.4, -0.2) is 16.0 Å². The molecule has 0 atom stereocenters. The zero-order chi connectivity index (χ0) is 16.8. The summed E-state index contributed by atoms with van der Waals surface area (Å²) in [5, 5.41) is 12.1. The molecular formula is C19H18N2O2S. The highest BCUT2D eigenvalue weighted by atomic mass is 32.1. The molecule has 0 spiro atoms. The zero-order valence-corrected chi connectivity index (χ0v) is 13.9. The number of phenols is 1. The lowest BCUT2D eigenvalue weighted by molar-refractivity contribution is -0.116. The van der Waals surface area contributed by atoms with Crippen molar-refractivity contribution in [1.82, 2.24) is 4.98 Å². The fourth-order valence-corrected chi connectivity index (χ4v) is 3.41. The maximum Gasteiger partial charge on any atom is 0.224 e. The third kappa shape index (κ3) is 4.43. The maximum atomic E-state index is 11.9. The minimum absolute atomic E-state index is 0.00951. The van der Waals surface area contributed by atoms with Gasteiger partial charge in [0.25, 0.3) is 0 Å². The lowest BCUT2D eigenvalue weighted by atomic mass is 10.2. The van der Waals surface area contributed by atoms with Crippen molar-refractivity contribution in [3.8, 4) is 16.2 Å². The summed E-state index contributed by atoms with van der Waals surface area (Å²) in [7, 11) is 0. The Hall–Kier alpha value is -2.66. The predicted octanol–water partition coefficient (Wildman–Crippen LogP) is 4.48. The largest absolute Gasteiger partial charge is 0.508 e. The number of amides is 1. The molecule has 1 amide bonds. The predicted molar refractivity (Wildman–Crippen MR) is 97.2 cm³/mol. The van der Waals surface area contributed by atoms with Gasteiger partial charge in [0.15, 0.2) is 0 Å². The summed E-state index contributed by atoms with van der Waals surface area (Å²) in [6.45, 7) is 0. The number of phenolic OH excluding ortho intramolecular Hbond substituents is 1. The van der Waals surface area contributed by atoms with Crippen LogP contribution in [0.15, 0.2) is 60.9 Å². The first-order valence-electron chi connectivity index (χ1n) is 7.79. The molecule has 4 nitrogen and oxygen atoms in total. The number of anilines is 1. The highest BCUT2D eigenvalue weighted by molar-refractivity contribution is 7.15. The van der Waals surface area contributed by atoms with Gasteiger partial charge in [0.2, 0.25) is 5.91 Å². The first kappa shape index (κ1) is 16.2. The van der Waals surface area contributed by atoms with E-state index >= 15 is 0 Å². The number of thiophene rings is 1. The molecule has 0 saturated heterocycles. The summed E-state index contributed by atoms with van der Waals surface area (Å²) < 4.78 is 0. The fourth-order valence-electron chi connectivity index (χ4n) is 2.37. The van der Waals surface area contributed by atoms with Gasteiger partial charge in [-0.05, 0) is 55.3 Å². The Kier molecular flexibility index (Phi) is 5.23. The Morgan fingerprint density at radius 1 is 1.12 bits per heavy atom. The summed E-state index contributed by atoms with van der Waals surface area (Å²) in [5.41, 5.74) is 1.83. The molecule has 0 saturated carbocycles. The molecule has 2 aromatic heterocycles. The second-order valence-electron chi connectivity index (χ2n) is 5.46. The number of aromatic hydroxyl groups is 1. The quantitative estimate of drug-likeness (QED) is 0.652. The lowest BCUT2D eigenvalue weighted by Crippen LogP contribution is -2.11. The van der Waals surface area contributed by atoms with Crippen LogP contribution in [0.1, 0.15) is 17.7 Å². The molecule has 3 aromatic rings. The van der Waals surface area contributed by atoms with E-state index < -0.39 is 0 Å². The number of rotatable bonds is 6. The van der Waals surface area contributed by atoms with Crippen LogP contribution in [0.2, 0.25) is 0 Å². The van der Waals surface area contributed by atoms with Crippen LogP contribution in [0.25, 0.3) is 10.4 Å². The van der Waals surface area contributed by atoms with Crippen LogP contribution < -0.4 is 5.32 Å². The normalized spacial score (nSPS) is 10.5. The van der Waals surface area contributed by atoms with E-state index in [0.717, 1.165) is 18.4 Å². The van der Waals surface area contributed by atoms with E-state index in [1.165, 1.54) is 9.75 Å². The number of nitrogens with one attached hydrogen (secondary N) is 1. The summed E-state index contributed by atoms with van der Waals surface area (Å²) in [6.07, 6.45) is 5.79. The van der Waals surface area contributed by atoms with Crippen molar-refractivity contribution in [2.24, 2.45) is 0 Å². The van der Waals surface area contributed by atoms with Crippen LogP contribution in [0.3, 0.4) is 0 Å². The zero-order valence-electron chi connectivity index (χ0n) is 13.1. The van der Waals surface area contributed by atoms with Gasteiger partial charge < -0.3 is 10.4 Å². The average molecular weight is 338 g/mol. The molecule has 3 rings (SSSR count). The van der Waals surface area contributed by atoms with Gasteiger partial charge >= 0.3 is 0 Å². The second-order valence-corrected chi connectivity index (χ2v) is 6.62. The molecule has 2 N–H and O–H groups in total. The SMILES string of the molecule is O=C(CCCc1ccc(-c2cccnc2)s1)Nc1ccc(O)cc1. The van der Waals surface area contributed by atoms with Gasteiger partial charge in [-0.15, -0.1) is 11.3 Å². The molecule has 122 valence electrons. The molecule has 24 heavy (non-hydrogen) atoms. The number of carbonyl (C=O) groups excluding carboxylic acids is 1. The molecule has 2 heterocycles. The number of nitrogens with zero attached hydrogens (tertiary/aromatic N) is 1. The summed E-state index contributed by atoms with van der Waals surface area (Å²) in [6, 6.07) is 14.7. The summed E-state index contributed by atoms with van der Waals surface area (Å²) >= 11 is 1.74. The number of pyridine rings is 1. The van der Waals surface area contributed by atoms with Gasteiger partial charge in [-0.1, -0.05) is 6.07 Å². The van der Waals surface area contributed by atoms with Crippen molar-refractivity contribution in [2.75, 3.05) is 5.32 Å². The van der Waals surface area contributed by atoms with Gasteiger partial charge in [-0.25, -0.2) is 0 Å². The van der Waals surface area contributed by atoms with Crippen molar-refractivity contribution in [2.45, 2.75) is 19.3 Å². The molecule has 0 radical (unpaired) electrons. The summed E-state index contributed by atoms with van der Waals surface area (Å²) in [5.74, 6) is 0.180.